The number of nitrogens with one attached hydrogen (secondary N) is 1. The molecule has 0 radical (unpaired) electrons. The minimum absolute atomic E-state index is 0.620. The van der Waals surface area contributed by atoms with Crippen LogP contribution in [-0.2, 0) is 0 Å². The maximum Gasteiger partial charge on any atom is 0.0194 e. The lowest BCUT2D eigenvalue weighted by atomic mass is 9.40. The molecule has 3 fully saturated rings. The fraction of sp³-hybridized carbons (Fsp3) is 1.00. The van der Waals surface area contributed by atoms with Crippen LogP contribution in [0.4, 0.5) is 0 Å². The molecule has 0 amide bonds. The van der Waals surface area contributed by atoms with E-state index in [9.17, 15) is 0 Å². The Morgan fingerprint density at radius 3 is 1.88 bits per heavy atom. The first-order valence-corrected chi connectivity index (χ1v) is 3.37. The molecule has 1 nitrogen and oxygen atoms in total. The summed E-state index contributed by atoms with van der Waals surface area (Å²) in [7, 11) is 2.08. The van der Waals surface area contributed by atoms with E-state index in [0.29, 0.717) is 5.54 Å². The summed E-state index contributed by atoms with van der Waals surface area (Å²) in [6, 6.07) is 0. The fourth-order valence-corrected chi connectivity index (χ4v) is 2.56. The Hall–Kier alpha value is -0.0400. The minimum atomic E-state index is 0.620. The lowest BCUT2D eigenvalue weighted by Gasteiger charge is -2.69. The van der Waals surface area contributed by atoms with Crippen LogP contribution in [-0.4, -0.2) is 12.6 Å². The second-order valence-electron chi connectivity index (χ2n) is 3.87. The van der Waals surface area contributed by atoms with Crippen molar-refractivity contribution in [2.45, 2.75) is 31.7 Å². The van der Waals surface area contributed by atoms with Crippen LogP contribution in [0.25, 0.3) is 0 Å². The van der Waals surface area contributed by atoms with Gasteiger partial charge in [-0.05, 0) is 31.7 Å². The average Bonchev–Trinajstić information content (AvgIpc) is 1.55. The molecule has 0 aromatic heterocycles. The van der Waals surface area contributed by atoms with Gasteiger partial charge in [-0.1, -0.05) is 6.92 Å². The Bertz CT molecular complexity index is 109. The SMILES string of the molecule is CNC12CC(C)(C1)C2. The van der Waals surface area contributed by atoms with Crippen LogP contribution in [0.5, 0.6) is 0 Å². The van der Waals surface area contributed by atoms with Gasteiger partial charge in [0, 0.05) is 5.54 Å². The summed E-state index contributed by atoms with van der Waals surface area (Å²) in [5.41, 5.74) is 1.39. The number of rotatable bonds is 1. The lowest BCUT2D eigenvalue weighted by molar-refractivity contribution is -0.135. The zero-order valence-electron chi connectivity index (χ0n) is 5.62. The molecule has 0 spiro atoms. The van der Waals surface area contributed by atoms with E-state index in [1.807, 2.05) is 0 Å². The summed E-state index contributed by atoms with van der Waals surface area (Å²) in [5, 5.41) is 3.37. The van der Waals surface area contributed by atoms with Crippen LogP contribution in [0.3, 0.4) is 0 Å². The van der Waals surface area contributed by atoms with Crippen molar-refractivity contribution in [3.63, 3.8) is 0 Å². The van der Waals surface area contributed by atoms with Gasteiger partial charge >= 0.3 is 0 Å². The Labute approximate surface area is 50.5 Å². The van der Waals surface area contributed by atoms with E-state index in [2.05, 4.69) is 19.3 Å². The highest BCUT2D eigenvalue weighted by Gasteiger charge is 2.63. The maximum absolute atomic E-state index is 3.37. The zero-order chi connectivity index (χ0) is 5.83. The van der Waals surface area contributed by atoms with Crippen molar-refractivity contribution in [1.29, 1.82) is 0 Å². The average molecular weight is 111 g/mol. The fourth-order valence-electron chi connectivity index (χ4n) is 2.56. The van der Waals surface area contributed by atoms with Gasteiger partial charge in [0.25, 0.3) is 0 Å². The molecule has 3 aliphatic carbocycles. The van der Waals surface area contributed by atoms with Crippen molar-refractivity contribution in [2.75, 3.05) is 7.05 Å². The summed E-state index contributed by atoms with van der Waals surface area (Å²) >= 11 is 0. The zero-order valence-corrected chi connectivity index (χ0v) is 5.62. The quantitative estimate of drug-likeness (QED) is 0.535. The standard InChI is InChI=1S/C7H13N/c1-6-3-7(4-6,5-6)8-2/h8H,3-5H2,1-2H3. The molecular weight excluding hydrogens is 98.1 g/mol. The van der Waals surface area contributed by atoms with E-state index < -0.39 is 0 Å². The van der Waals surface area contributed by atoms with E-state index in [1.54, 1.807) is 0 Å². The molecule has 1 N–H and O–H groups in total. The number of hydrogen-bond acceptors (Lipinski definition) is 1. The van der Waals surface area contributed by atoms with Crippen LogP contribution in [0.1, 0.15) is 26.2 Å². The molecule has 0 heterocycles. The molecule has 3 aliphatic rings. The summed E-state index contributed by atoms with van der Waals surface area (Å²) < 4.78 is 0. The van der Waals surface area contributed by atoms with E-state index in [1.165, 1.54) is 19.3 Å². The van der Waals surface area contributed by atoms with Gasteiger partial charge in [-0.25, -0.2) is 0 Å². The van der Waals surface area contributed by atoms with E-state index in [4.69, 9.17) is 0 Å². The third kappa shape index (κ3) is 0.334. The summed E-state index contributed by atoms with van der Waals surface area (Å²) in [6.07, 6.45) is 4.28. The molecule has 46 valence electrons. The highest BCUT2D eigenvalue weighted by Crippen LogP contribution is 2.66. The van der Waals surface area contributed by atoms with Crippen LogP contribution < -0.4 is 5.32 Å². The summed E-state index contributed by atoms with van der Waals surface area (Å²) in [6.45, 7) is 2.38. The van der Waals surface area contributed by atoms with Gasteiger partial charge in [-0.2, -0.15) is 0 Å². The molecule has 0 aromatic rings. The summed E-state index contributed by atoms with van der Waals surface area (Å²) in [4.78, 5) is 0. The van der Waals surface area contributed by atoms with E-state index in [-0.39, 0.29) is 0 Å². The largest absolute Gasteiger partial charge is 0.314 e. The lowest BCUT2D eigenvalue weighted by Crippen LogP contribution is -2.71. The van der Waals surface area contributed by atoms with Gasteiger partial charge < -0.3 is 5.32 Å². The molecule has 3 rings (SSSR count). The molecule has 8 heavy (non-hydrogen) atoms. The van der Waals surface area contributed by atoms with Crippen molar-refractivity contribution < 1.29 is 0 Å². The van der Waals surface area contributed by atoms with E-state index in [0.717, 1.165) is 5.41 Å². The van der Waals surface area contributed by atoms with Gasteiger partial charge in [0.1, 0.15) is 0 Å². The maximum atomic E-state index is 3.37. The van der Waals surface area contributed by atoms with Gasteiger partial charge in [-0.3, -0.25) is 0 Å². The molecular formula is C7H13N. The smallest absolute Gasteiger partial charge is 0.0194 e. The topological polar surface area (TPSA) is 12.0 Å². The predicted molar refractivity (Wildman–Crippen MR) is 33.7 cm³/mol. The summed E-state index contributed by atoms with van der Waals surface area (Å²) in [5.74, 6) is 0. The van der Waals surface area contributed by atoms with Gasteiger partial charge in [-0.15, -0.1) is 0 Å². The molecule has 0 unspecified atom stereocenters. The second-order valence-corrected chi connectivity index (χ2v) is 3.87. The van der Waals surface area contributed by atoms with Crippen LogP contribution >= 0.6 is 0 Å². The first kappa shape index (κ1) is 4.80. The molecule has 0 atom stereocenters. The number of hydrogen-bond donors (Lipinski definition) is 1. The molecule has 0 aliphatic heterocycles. The first-order valence-electron chi connectivity index (χ1n) is 3.37. The molecule has 2 bridgehead atoms. The van der Waals surface area contributed by atoms with E-state index >= 15 is 0 Å². The minimum Gasteiger partial charge on any atom is -0.314 e. The highest BCUT2D eigenvalue weighted by atomic mass is 15.0. The van der Waals surface area contributed by atoms with Gasteiger partial charge in [0.15, 0.2) is 0 Å². The second kappa shape index (κ2) is 0.971. The molecule has 1 heteroatoms. The Morgan fingerprint density at radius 2 is 1.75 bits per heavy atom. The third-order valence-electron chi connectivity index (χ3n) is 2.83. The van der Waals surface area contributed by atoms with Gasteiger partial charge in [0.05, 0.1) is 0 Å². The van der Waals surface area contributed by atoms with Crippen LogP contribution in [0.15, 0.2) is 0 Å². The normalized spacial score (nSPS) is 59.2. The van der Waals surface area contributed by atoms with Crippen molar-refractivity contribution in [1.82, 2.24) is 5.32 Å². The van der Waals surface area contributed by atoms with Crippen molar-refractivity contribution in [3.8, 4) is 0 Å². The molecule has 3 saturated carbocycles. The Balaban J connectivity index is 2.04. The highest BCUT2D eigenvalue weighted by molar-refractivity contribution is 5.20. The van der Waals surface area contributed by atoms with Crippen LogP contribution in [0.2, 0.25) is 0 Å². The predicted octanol–water partition coefficient (Wildman–Crippen LogP) is 1.15. The first-order chi connectivity index (χ1) is 3.68. The molecule has 0 saturated heterocycles. The van der Waals surface area contributed by atoms with Gasteiger partial charge in [0.2, 0.25) is 0 Å². The third-order valence-corrected chi connectivity index (χ3v) is 2.83. The van der Waals surface area contributed by atoms with Crippen LogP contribution in [0, 0.1) is 5.41 Å². The Morgan fingerprint density at radius 1 is 1.25 bits per heavy atom. The van der Waals surface area contributed by atoms with Crippen molar-refractivity contribution >= 4 is 0 Å². The Kier molecular flexibility index (Phi) is 0.583. The molecule has 0 aromatic carbocycles. The monoisotopic (exact) mass is 111 g/mol. The van der Waals surface area contributed by atoms with Crippen molar-refractivity contribution in [3.05, 3.63) is 0 Å². The van der Waals surface area contributed by atoms with Crippen molar-refractivity contribution in [2.24, 2.45) is 5.41 Å².